The molecule has 2 aliphatic rings. The molecule has 0 N–H and O–H groups in total. The predicted molar refractivity (Wildman–Crippen MR) is 134 cm³/mol. The van der Waals surface area contributed by atoms with E-state index in [0.29, 0.717) is 0 Å². The maximum atomic E-state index is 12.1. The molecule has 0 aromatic heterocycles. The van der Waals surface area contributed by atoms with Gasteiger partial charge in [0.05, 0.1) is 6.10 Å². The third-order valence-electron chi connectivity index (χ3n) is 5.85. The fourth-order valence-electron chi connectivity index (χ4n) is 4.51. The van der Waals surface area contributed by atoms with Crippen LogP contribution in [0.4, 0.5) is 0 Å². The lowest BCUT2D eigenvalue weighted by Gasteiger charge is -2.48. The van der Waals surface area contributed by atoms with Gasteiger partial charge in [0.2, 0.25) is 12.4 Å². The molecule has 2 heterocycles. The van der Waals surface area contributed by atoms with Crippen LogP contribution < -0.4 is 0 Å². The van der Waals surface area contributed by atoms with E-state index in [1.54, 1.807) is 0 Å². The van der Waals surface area contributed by atoms with Gasteiger partial charge < -0.3 is 47.4 Å². The lowest BCUT2D eigenvalue weighted by Crippen LogP contribution is -2.66. The summed E-state index contributed by atoms with van der Waals surface area (Å²) < 4.78 is 54.8. The van der Waals surface area contributed by atoms with E-state index in [-0.39, 0.29) is 0 Å². The van der Waals surface area contributed by atoms with Crippen molar-refractivity contribution >= 4 is 41.8 Å². The van der Waals surface area contributed by atoms with Crippen LogP contribution in [0.5, 0.6) is 0 Å². The molecule has 0 amide bonds. The van der Waals surface area contributed by atoms with Gasteiger partial charge in [0.25, 0.3) is 0 Å². The Balaban J connectivity index is 2.61. The highest BCUT2D eigenvalue weighted by molar-refractivity contribution is 5.69. The van der Waals surface area contributed by atoms with E-state index in [4.69, 9.17) is 47.4 Å². The zero-order chi connectivity index (χ0) is 32.6. The number of hydrogen-bond donors (Lipinski definition) is 0. The number of hydrogen-bond acceptors (Lipinski definition) is 17. The van der Waals surface area contributed by atoms with Gasteiger partial charge in [-0.15, -0.1) is 0 Å². The first-order valence-corrected chi connectivity index (χ1v) is 13.1. The van der Waals surface area contributed by atoms with Gasteiger partial charge in [-0.3, -0.25) is 33.6 Å². The second kappa shape index (κ2) is 15.6. The maximum Gasteiger partial charge on any atom is 0.305 e. The second-order valence-electron chi connectivity index (χ2n) is 9.64. The van der Waals surface area contributed by atoms with Gasteiger partial charge in [-0.1, -0.05) is 0 Å². The number of carbonyl (C=O) groups excluding carboxylic acids is 7. The average molecular weight is 621 g/mol. The van der Waals surface area contributed by atoms with Gasteiger partial charge in [-0.25, -0.2) is 0 Å². The van der Waals surface area contributed by atoms with Crippen molar-refractivity contribution < 1.29 is 80.9 Å². The highest BCUT2D eigenvalue weighted by Gasteiger charge is 2.57. The van der Waals surface area contributed by atoms with Crippen LogP contribution in [0, 0.1) is 0 Å². The third kappa shape index (κ3) is 10.4. The van der Waals surface area contributed by atoms with Gasteiger partial charge in [0.15, 0.2) is 30.7 Å². The fraction of sp³-hybridized carbons (Fsp3) is 0.731. The van der Waals surface area contributed by atoms with Crippen LogP contribution >= 0.6 is 0 Å². The molecular formula is C26H36O17. The van der Waals surface area contributed by atoms with E-state index in [0.717, 1.165) is 48.5 Å². The Morgan fingerprint density at radius 1 is 0.465 bits per heavy atom. The molecule has 0 unspecified atom stereocenters. The van der Waals surface area contributed by atoms with Crippen LogP contribution in [0.2, 0.25) is 0 Å². The lowest BCUT2D eigenvalue weighted by atomic mass is 9.96. The molecule has 2 saturated heterocycles. The third-order valence-corrected chi connectivity index (χ3v) is 5.85. The van der Waals surface area contributed by atoms with Crippen molar-refractivity contribution in [3.05, 3.63) is 0 Å². The first kappa shape index (κ1) is 35.4. The van der Waals surface area contributed by atoms with E-state index in [1.165, 1.54) is 6.92 Å². The van der Waals surface area contributed by atoms with Crippen molar-refractivity contribution in [2.24, 2.45) is 0 Å². The Kier molecular flexibility index (Phi) is 12.8. The minimum Gasteiger partial charge on any atom is -0.463 e. The molecule has 2 rings (SSSR count). The molecule has 43 heavy (non-hydrogen) atoms. The highest BCUT2D eigenvalue weighted by Crippen LogP contribution is 2.35. The molecule has 0 bridgehead atoms. The molecule has 0 aromatic carbocycles. The van der Waals surface area contributed by atoms with Crippen molar-refractivity contribution in [1.82, 2.24) is 0 Å². The minimum atomic E-state index is -1.68. The van der Waals surface area contributed by atoms with Crippen molar-refractivity contribution in [2.75, 3.05) is 6.61 Å². The van der Waals surface area contributed by atoms with Crippen LogP contribution in [-0.4, -0.2) is 110 Å². The van der Waals surface area contributed by atoms with E-state index >= 15 is 0 Å². The quantitative estimate of drug-likeness (QED) is 0.225. The highest BCUT2D eigenvalue weighted by atomic mass is 16.8. The smallest absolute Gasteiger partial charge is 0.305 e. The van der Waals surface area contributed by atoms with Crippen LogP contribution in [0.15, 0.2) is 0 Å². The average Bonchev–Trinajstić information content (AvgIpc) is 2.84. The van der Waals surface area contributed by atoms with Gasteiger partial charge in [-0.2, -0.15) is 0 Å². The van der Waals surface area contributed by atoms with Crippen molar-refractivity contribution in [3.8, 4) is 0 Å². The van der Waals surface area contributed by atoms with Crippen LogP contribution in [0.3, 0.4) is 0 Å². The molecule has 0 saturated carbocycles. The summed E-state index contributed by atoms with van der Waals surface area (Å²) in [6, 6.07) is 0. The normalized spacial score (nSPS) is 31.9. The van der Waals surface area contributed by atoms with Crippen LogP contribution in [-0.2, 0) is 80.9 Å². The Labute approximate surface area is 246 Å². The van der Waals surface area contributed by atoms with Crippen LogP contribution in [0.1, 0.15) is 55.4 Å². The van der Waals surface area contributed by atoms with Crippen LogP contribution in [0.25, 0.3) is 0 Å². The molecule has 17 nitrogen and oxygen atoms in total. The summed E-state index contributed by atoms with van der Waals surface area (Å²) in [5, 5.41) is 0. The molecule has 2 fully saturated rings. The van der Waals surface area contributed by atoms with Gasteiger partial charge in [-0.05, 0) is 6.92 Å². The molecule has 0 spiro atoms. The first-order valence-electron chi connectivity index (χ1n) is 13.1. The molecule has 0 radical (unpaired) electrons. The topological polar surface area (TPSA) is 212 Å². The molecule has 17 heteroatoms. The standard InChI is InChI=1S/C26H36O17/c1-10-19(21(37-13(4)29)23(39-15(6)31)25(35-10)41-17(8)33)43-26-24(40-16(7)32)22(38-14(5)30)20(36-12(3)28)18(42-26)9-34-11(2)27/h10,18-26H,9H2,1-8H3/t10-,18-,19-,20-,21+,22+,23-,24-,25+,26-/m1/s1. The number of rotatable bonds is 10. The minimum absolute atomic E-state index is 0.521. The van der Waals surface area contributed by atoms with Crippen molar-refractivity contribution in [2.45, 2.75) is 117 Å². The Bertz CT molecular complexity index is 1070. The second-order valence-corrected chi connectivity index (χ2v) is 9.64. The Morgan fingerprint density at radius 3 is 1.30 bits per heavy atom. The van der Waals surface area contributed by atoms with Gasteiger partial charge in [0, 0.05) is 48.5 Å². The predicted octanol–water partition coefficient (Wildman–Crippen LogP) is -0.374. The molecule has 0 aromatic rings. The summed E-state index contributed by atoms with van der Waals surface area (Å²) in [6.45, 7) is 8.41. The number of esters is 7. The molecule has 2 aliphatic heterocycles. The molecule has 0 aliphatic carbocycles. The maximum absolute atomic E-state index is 12.1. The van der Waals surface area contributed by atoms with E-state index < -0.39 is 110 Å². The van der Waals surface area contributed by atoms with Gasteiger partial charge in [0.1, 0.15) is 18.8 Å². The van der Waals surface area contributed by atoms with E-state index in [2.05, 4.69) is 0 Å². The number of ether oxygens (including phenoxy) is 10. The van der Waals surface area contributed by atoms with Crippen molar-refractivity contribution in [1.29, 1.82) is 0 Å². The zero-order valence-corrected chi connectivity index (χ0v) is 24.9. The first-order chi connectivity index (χ1) is 20.0. The lowest BCUT2D eigenvalue weighted by molar-refractivity contribution is -0.354. The summed E-state index contributed by atoms with van der Waals surface area (Å²) in [6.07, 6.45) is -14.6. The summed E-state index contributed by atoms with van der Waals surface area (Å²) >= 11 is 0. The SMILES string of the molecule is CC(=O)OC[C@H]1O[C@H](O[C@H]2[C@H](OC(C)=O)[C@@H](OC(C)=O)[C@H](OC(C)=O)O[C@@H]2C)[C@H](OC(C)=O)[C@@H](OC(C)=O)[C@@H]1OC(C)=O. The molecular weight excluding hydrogens is 584 g/mol. The monoisotopic (exact) mass is 620 g/mol. The van der Waals surface area contributed by atoms with Crippen molar-refractivity contribution in [3.63, 3.8) is 0 Å². The Morgan fingerprint density at radius 2 is 0.860 bits per heavy atom. The van der Waals surface area contributed by atoms with E-state index in [1.807, 2.05) is 0 Å². The van der Waals surface area contributed by atoms with E-state index in [9.17, 15) is 33.6 Å². The number of carbonyl (C=O) groups is 7. The summed E-state index contributed by atoms with van der Waals surface area (Å²) in [5.41, 5.74) is 0. The summed E-state index contributed by atoms with van der Waals surface area (Å²) in [4.78, 5) is 83.6. The molecule has 10 atom stereocenters. The van der Waals surface area contributed by atoms with Gasteiger partial charge >= 0.3 is 41.8 Å². The molecule has 242 valence electrons. The fourth-order valence-corrected chi connectivity index (χ4v) is 4.51. The Hall–Kier alpha value is -3.83. The zero-order valence-electron chi connectivity index (χ0n) is 24.9. The summed E-state index contributed by atoms with van der Waals surface area (Å²) in [7, 11) is 0. The summed E-state index contributed by atoms with van der Waals surface area (Å²) in [5.74, 6) is -5.77. The largest absolute Gasteiger partial charge is 0.463 e.